The molecule has 0 spiro atoms. The molecule has 1 aliphatic rings. The first-order chi connectivity index (χ1) is 10.1. The number of carbonyl (C=O) groups is 3. The van der Waals surface area contributed by atoms with Crippen molar-refractivity contribution >= 4 is 17.8 Å². The van der Waals surface area contributed by atoms with Gasteiger partial charge in [-0.2, -0.15) is 0 Å². The topological polar surface area (TPSA) is 87.7 Å². The number of benzene rings is 1. The van der Waals surface area contributed by atoms with Gasteiger partial charge >= 0.3 is 6.03 Å². The molecule has 0 saturated carbocycles. The fourth-order valence-corrected chi connectivity index (χ4v) is 1.96. The van der Waals surface area contributed by atoms with Gasteiger partial charge in [0.2, 0.25) is 5.91 Å². The minimum atomic E-state index is -0.412. The van der Waals surface area contributed by atoms with Crippen molar-refractivity contribution in [1.82, 2.24) is 15.5 Å². The predicted octanol–water partition coefficient (Wildman–Crippen LogP) is 0.367. The molecule has 1 saturated heterocycles. The summed E-state index contributed by atoms with van der Waals surface area (Å²) in [7, 11) is 1.56. The van der Waals surface area contributed by atoms with Crippen LogP contribution in [0.4, 0.5) is 4.79 Å². The molecular weight excluding hydrogens is 274 g/mol. The van der Waals surface area contributed by atoms with Crippen molar-refractivity contribution in [1.29, 1.82) is 0 Å². The lowest BCUT2D eigenvalue weighted by Gasteiger charge is -2.26. The molecule has 0 aliphatic carbocycles. The molecule has 1 aliphatic heterocycles. The highest BCUT2D eigenvalue weighted by atomic mass is 16.5. The first-order valence-electron chi connectivity index (χ1n) is 6.61. The van der Waals surface area contributed by atoms with Crippen LogP contribution < -0.4 is 15.4 Å². The first-order valence-corrected chi connectivity index (χ1v) is 6.61. The zero-order valence-electron chi connectivity index (χ0n) is 11.7. The molecule has 2 N–H and O–H groups in total. The minimum Gasteiger partial charge on any atom is -0.497 e. The third kappa shape index (κ3) is 3.95. The van der Waals surface area contributed by atoms with E-state index in [1.165, 1.54) is 4.90 Å². The average molecular weight is 291 g/mol. The lowest BCUT2D eigenvalue weighted by Crippen LogP contribution is -2.51. The van der Waals surface area contributed by atoms with Crippen molar-refractivity contribution in [2.75, 3.05) is 26.7 Å². The number of amides is 4. The van der Waals surface area contributed by atoms with Crippen molar-refractivity contribution in [3.05, 3.63) is 29.8 Å². The Kier molecular flexibility index (Phi) is 4.76. The van der Waals surface area contributed by atoms with Crippen LogP contribution in [-0.2, 0) is 4.79 Å². The Balaban J connectivity index is 1.78. The van der Waals surface area contributed by atoms with E-state index in [2.05, 4.69) is 10.6 Å². The van der Waals surface area contributed by atoms with Gasteiger partial charge in [-0.1, -0.05) is 0 Å². The number of rotatable bonds is 5. The Bertz CT molecular complexity index is 542. The summed E-state index contributed by atoms with van der Waals surface area (Å²) < 4.78 is 5.02. The molecule has 21 heavy (non-hydrogen) atoms. The summed E-state index contributed by atoms with van der Waals surface area (Å²) in [6.07, 6.45) is 0.290. The number of urea groups is 1. The summed E-state index contributed by atoms with van der Waals surface area (Å²) in [4.78, 5) is 35.9. The van der Waals surface area contributed by atoms with Gasteiger partial charge < -0.3 is 15.0 Å². The number of imide groups is 1. The first kappa shape index (κ1) is 14.8. The smallest absolute Gasteiger partial charge is 0.324 e. The highest BCUT2D eigenvalue weighted by Gasteiger charge is 2.22. The number of nitrogens with one attached hydrogen (secondary N) is 2. The van der Waals surface area contributed by atoms with E-state index in [4.69, 9.17) is 4.74 Å². The Morgan fingerprint density at radius 1 is 1.33 bits per heavy atom. The molecule has 0 unspecified atom stereocenters. The summed E-state index contributed by atoms with van der Waals surface area (Å²) in [5.74, 6) is 0.200. The van der Waals surface area contributed by atoms with Gasteiger partial charge in [-0.15, -0.1) is 0 Å². The van der Waals surface area contributed by atoms with Crippen LogP contribution in [0, 0.1) is 0 Å². The van der Waals surface area contributed by atoms with E-state index in [9.17, 15) is 14.4 Å². The van der Waals surface area contributed by atoms with Crippen LogP contribution >= 0.6 is 0 Å². The summed E-state index contributed by atoms with van der Waals surface area (Å²) in [6.45, 7) is 1.07. The van der Waals surface area contributed by atoms with E-state index in [1.54, 1.807) is 31.4 Å². The van der Waals surface area contributed by atoms with Crippen LogP contribution in [0.3, 0.4) is 0 Å². The van der Waals surface area contributed by atoms with E-state index in [1.807, 2.05) is 0 Å². The Hall–Kier alpha value is -2.57. The van der Waals surface area contributed by atoms with Crippen molar-refractivity contribution in [2.24, 2.45) is 0 Å². The summed E-state index contributed by atoms with van der Waals surface area (Å²) in [6, 6.07) is 6.34. The molecule has 1 aromatic carbocycles. The SMILES string of the molecule is COc1ccc(C(=O)NCCN2CCC(=O)NC2=O)cc1. The molecule has 2 rings (SSSR count). The second-order valence-electron chi connectivity index (χ2n) is 4.57. The van der Waals surface area contributed by atoms with Crippen LogP contribution in [0.25, 0.3) is 0 Å². The summed E-state index contributed by atoms with van der Waals surface area (Å²) >= 11 is 0. The molecule has 1 aromatic rings. The van der Waals surface area contributed by atoms with E-state index < -0.39 is 6.03 Å². The number of carbonyl (C=O) groups excluding carboxylic acids is 3. The molecule has 1 heterocycles. The minimum absolute atomic E-state index is 0.217. The Labute approximate surface area is 122 Å². The zero-order valence-corrected chi connectivity index (χ0v) is 11.7. The molecule has 0 atom stereocenters. The fraction of sp³-hybridized carbons (Fsp3) is 0.357. The molecule has 112 valence electrons. The summed E-state index contributed by atoms with van der Waals surface area (Å²) in [5, 5.41) is 4.96. The second kappa shape index (κ2) is 6.74. The molecule has 0 aromatic heterocycles. The highest BCUT2D eigenvalue weighted by Crippen LogP contribution is 2.11. The van der Waals surface area contributed by atoms with Gasteiger partial charge in [0.25, 0.3) is 5.91 Å². The molecule has 1 fully saturated rings. The van der Waals surface area contributed by atoms with Crippen molar-refractivity contribution in [2.45, 2.75) is 6.42 Å². The van der Waals surface area contributed by atoms with E-state index in [0.29, 0.717) is 30.9 Å². The van der Waals surface area contributed by atoms with Gasteiger partial charge in [-0.25, -0.2) is 4.79 Å². The predicted molar refractivity (Wildman–Crippen MR) is 75.1 cm³/mol. The zero-order chi connectivity index (χ0) is 15.2. The number of methoxy groups -OCH3 is 1. The lowest BCUT2D eigenvalue weighted by molar-refractivity contribution is -0.121. The van der Waals surface area contributed by atoms with E-state index in [-0.39, 0.29) is 18.2 Å². The monoisotopic (exact) mass is 291 g/mol. The molecule has 7 nitrogen and oxygen atoms in total. The maximum atomic E-state index is 11.9. The van der Waals surface area contributed by atoms with Gasteiger partial charge in [0.1, 0.15) is 5.75 Å². The third-order valence-corrected chi connectivity index (χ3v) is 3.16. The molecular formula is C14H17N3O4. The van der Waals surface area contributed by atoms with Crippen LogP contribution in [-0.4, -0.2) is 49.5 Å². The molecule has 0 radical (unpaired) electrons. The Morgan fingerprint density at radius 3 is 2.67 bits per heavy atom. The van der Waals surface area contributed by atoms with E-state index >= 15 is 0 Å². The Morgan fingerprint density at radius 2 is 2.05 bits per heavy atom. The lowest BCUT2D eigenvalue weighted by atomic mass is 10.2. The van der Waals surface area contributed by atoms with Gasteiger partial charge in [-0.3, -0.25) is 14.9 Å². The molecule has 0 bridgehead atoms. The highest BCUT2D eigenvalue weighted by molar-refractivity contribution is 5.96. The van der Waals surface area contributed by atoms with Crippen LogP contribution in [0.5, 0.6) is 5.75 Å². The van der Waals surface area contributed by atoms with Crippen molar-refractivity contribution in [3.63, 3.8) is 0 Å². The standard InChI is InChI=1S/C14H17N3O4/c1-21-11-4-2-10(3-5-11)13(19)15-7-9-17-8-6-12(18)16-14(17)20/h2-5H,6-9H2,1H3,(H,15,19)(H,16,18,20). The van der Waals surface area contributed by atoms with Crippen LogP contribution in [0.15, 0.2) is 24.3 Å². The fourth-order valence-electron chi connectivity index (χ4n) is 1.96. The molecule has 7 heteroatoms. The van der Waals surface area contributed by atoms with Crippen molar-refractivity contribution < 1.29 is 19.1 Å². The molecule has 4 amide bonds. The third-order valence-electron chi connectivity index (χ3n) is 3.16. The maximum absolute atomic E-state index is 11.9. The van der Waals surface area contributed by atoms with Crippen molar-refractivity contribution in [3.8, 4) is 5.75 Å². The van der Waals surface area contributed by atoms with Gasteiger partial charge in [0, 0.05) is 31.6 Å². The number of hydrogen-bond acceptors (Lipinski definition) is 4. The maximum Gasteiger partial charge on any atom is 0.324 e. The normalized spacial score (nSPS) is 14.6. The largest absolute Gasteiger partial charge is 0.497 e. The van der Waals surface area contributed by atoms with Crippen LogP contribution in [0.1, 0.15) is 16.8 Å². The number of hydrogen-bond donors (Lipinski definition) is 2. The van der Waals surface area contributed by atoms with E-state index in [0.717, 1.165) is 0 Å². The average Bonchev–Trinajstić information content (AvgIpc) is 2.49. The quantitative estimate of drug-likeness (QED) is 0.820. The second-order valence-corrected chi connectivity index (χ2v) is 4.57. The summed E-state index contributed by atoms with van der Waals surface area (Å²) in [5.41, 5.74) is 0.522. The van der Waals surface area contributed by atoms with Gasteiger partial charge in [0.05, 0.1) is 7.11 Å². The van der Waals surface area contributed by atoms with Crippen LogP contribution in [0.2, 0.25) is 0 Å². The number of ether oxygens (including phenoxy) is 1. The van der Waals surface area contributed by atoms with Gasteiger partial charge in [0.15, 0.2) is 0 Å². The number of nitrogens with zero attached hydrogens (tertiary/aromatic N) is 1. The van der Waals surface area contributed by atoms with Gasteiger partial charge in [-0.05, 0) is 24.3 Å².